The Labute approximate surface area is 96.9 Å². The molecule has 1 aromatic rings. The minimum absolute atomic E-state index is 0.243. The van der Waals surface area contributed by atoms with Crippen molar-refractivity contribution in [1.29, 1.82) is 0 Å². The number of carbonyl (C=O) groups is 3. The maximum Gasteiger partial charge on any atom is 0.323 e. The molecule has 0 aliphatic heterocycles. The highest BCUT2D eigenvalue weighted by molar-refractivity contribution is 5.96. The van der Waals surface area contributed by atoms with Gasteiger partial charge < -0.3 is 19.7 Å². The Morgan fingerprint density at radius 2 is 1.76 bits per heavy atom. The quantitative estimate of drug-likeness (QED) is 0.731. The first-order valence-electron chi connectivity index (χ1n) is 4.76. The van der Waals surface area contributed by atoms with E-state index in [9.17, 15) is 14.4 Å². The molecular weight excluding hydrogens is 228 g/mol. The van der Waals surface area contributed by atoms with E-state index in [1.54, 1.807) is 19.3 Å². The lowest BCUT2D eigenvalue weighted by Crippen LogP contribution is -2.40. The fourth-order valence-corrected chi connectivity index (χ4v) is 1.37. The van der Waals surface area contributed by atoms with Crippen LogP contribution >= 0.6 is 0 Å². The van der Waals surface area contributed by atoms with E-state index in [2.05, 4.69) is 0 Å². The van der Waals surface area contributed by atoms with E-state index in [4.69, 9.17) is 10.2 Å². The molecule has 0 spiro atoms. The molecule has 0 aliphatic rings. The minimum Gasteiger partial charge on any atom is -0.480 e. The van der Waals surface area contributed by atoms with Crippen molar-refractivity contribution in [2.45, 2.75) is 0 Å². The van der Waals surface area contributed by atoms with Gasteiger partial charge in [-0.05, 0) is 12.1 Å². The Hall–Kier alpha value is -2.31. The zero-order chi connectivity index (χ0) is 13.0. The SMILES string of the molecule is Cn1cccc1C(=O)N(CC(=O)O)CC(=O)O. The van der Waals surface area contributed by atoms with Crippen LogP contribution in [0.3, 0.4) is 0 Å². The first-order valence-corrected chi connectivity index (χ1v) is 4.76. The molecule has 2 N–H and O–H groups in total. The molecule has 1 aromatic heterocycles. The van der Waals surface area contributed by atoms with Crippen molar-refractivity contribution in [2.75, 3.05) is 13.1 Å². The van der Waals surface area contributed by atoms with Crippen molar-refractivity contribution in [1.82, 2.24) is 9.47 Å². The number of aromatic nitrogens is 1. The van der Waals surface area contributed by atoms with Crippen LogP contribution in [0.1, 0.15) is 10.5 Å². The fourth-order valence-electron chi connectivity index (χ4n) is 1.37. The van der Waals surface area contributed by atoms with E-state index < -0.39 is 30.9 Å². The molecule has 0 radical (unpaired) electrons. The lowest BCUT2D eigenvalue weighted by atomic mass is 10.3. The number of carboxylic acids is 2. The minimum atomic E-state index is -1.26. The highest BCUT2D eigenvalue weighted by atomic mass is 16.4. The van der Waals surface area contributed by atoms with Gasteiger partial charge in [-0.15, -0.1) is 0 Å². The van der Waals surface area contributed by atoms with Gasteiger partial charge in [-0.2, -0.15) is 0 Å². The molecule has 0 saturated heterocycles. The van der Waals surface area contributed by atoms with Crippen molar-refractivity contribution in [3.8, 4) is 0 Å². The molecule has 0 saturated carbocycles. The fraction of sp³-hybridized carbons (Fsp3) is 0.300. The highest BCUT2D eigenvalue weighted by Crippen LogP contribution is 2.05. The van der Waals surface area contributed by atoms with Gasteiger partial charge in [0.1, 0.15) is 18.8 Å². The molecule has 1 rings (SSSR count). The molecular formula is C10H12N2O5. The summed E-state index contributed by atoms with van der Waals surface area (Å²) in [5.41, 5.74) is 0.243. The second kappa shape index (κ2) is 5.15. The van der Waals surface area contributed by atoms with Crippen LogP contribution in [0.5, 0.6) is 0 Å². The Kier molecular flexibility index (Phi) is 3.86. The van der Waals surface area contributed by atoms with Gasteiger partial charge in [-0.3, -0.25) is 14.4 Å². The number of carboxylic acid groups (broad SMARTS) is 2. The van der Waals surface area contributed by atoms with Crippen LogP contribution in [-0.4, -0.2) is 50.6 Å². The number of rotatable bonds is 5. The highest BCUT2D eigenvalue weighted by Gasteiger charge is 2.22. The molecule has 0 fully saturated rings. The summed E-state index contributed by atoms with van der Waals surface area (Å²) in [6, 6.07) is 3.12. The Morgan fingerprint density at radius 1 is 1.24 bits per heavy atom. The predicted molar refractivity (Wildman–Crippen MR) is 56.6 cm³/mol. The monoisotopic (exact) mass is 240 g/mol. The molecule has 0 unspecified atom stereocenters. The third kappa shape index (κ3) is 3.33. The van der Waals surface area contributed by atoms with E-state index in [1.807, 2.05) is 0 Å². The maximum atomic E-state index is 11.9. The van der Waals surface area contributed by atoms with Gasteiger partial charge in [0.05, 0.1) is 0 Å². The van der Waals surface area contributed by atoms with E-state index in [-0.39, 0.29) is 5.69 Å². The second-order valence-corrected chi connectivity index (χ2v) is 3.45. The summed E-state index contributed by atoms with van der Waals surface area (Å²) in [7, 11) is 1.62. The summed E-state index contributed by atoms with van der Waals surface area (Å²) in [6.07, 6.45) is 1.62. The number of amides is 1. The topological polar surface area (TPSA) is 99.8 Å². The Balaban J connectivity index is 2.90. The van der Waals surface area contributed by atoms with Gasteiger partial charge in [-0.1, -0.05) is 0 Å². The molecule has 7 heteroatoms. The molecule has 0 atom stereocenters. The Bertz CT molecular complexity index is 435. The summed E-state index contributed by atoms with van der Waals surface area (Å²) in [4.78, 5) is 33.8. The van der Waals surface area contributed by atoms with Crippen LogP contribution < -0.4 is 0 Å². The van der Waals surface area contributed by atoms with Crippen LogP contribution in [0.15, 0.2) is 18.3 Å². The van der Waals surface area contributed by atoms with Crippen LogP contribution in [-0.2, 0) is 16.6 Å². The van der Waals surface area contributed by atoms with E-state index in [0.717, 1.165) is 4.90 Å². The number of aryl methyl sites for hydroxylation is 1. The number of nitrogens with zero attached hydrogens (tertiary/aromatic N) is 2. The number of aliphatic carboxylic acids is 2. The van der Waals surface area contributed by atoms with Gasteiger partial charge in [0.25, 0.3) is 5.91 Å². The smallest absolute Gasteiger partial charge is 0.323 e. The summed E-state index contributed by atoms with van der Waals surface area (Å²) < 4.78 is 1.50. The molecule has 0 aliphatic carbocycles. The lowest BCUT2D eigenvalue weighted by Gasteiger charge is -2.18. The molecule has 92 valence electrons. The number of carbonyl (C=O) groups excluding carboxylic acids is 1. The Morgan fingerprint density at radius 3 is 2.12 bits per heavy atom. The van der Waals surface area contributed by atoms with E-state index in [0.29, 0.717) is 0 Å². The third-order valence-corrected chi connectivity index (χ3v) is 2.10. The summed E-state index contributed by atoms with van der Waals surface area (Å²) >= 11 is 0. The summed E-state index contributed by atoms with van der Waals surface area (Å²) in [5.74, 6) is -3.13. The second-order valence-electron chi connectivity index (χ2n) is 3.45. The largest absolute Gasteiger partial charge is 0.480 e. The standard InChI is InChI=1S/C10H12N2O5/c1-11-4-2-3-7(11)10(17)12(5-8(13)14)6-9(15)16/h2-4H,5-6H2,1H3,(H,13,14)(H,15,16). The van der Waals surface area contributed by atoms with Crippen molar-refractivity contribution in [3.05, 3.63) is 24.0 Å². The zero-order valence-corrected chi connectivity index (χ0v) is 9.16. The average molecular weight is 240 g/mol. The first-order chi connectivity index (χ1) is 7.91. The van der Waals surface area contributed by atoms with Crippen LogP contribution in [0, 0.1) is 0 Å². The number of hydrogen-bond acceptors (Lipinski definition) is 3. The summed E-state index contributed by atoms with van der Waals surface area (Å²) in [6.45, 7) is -1.29. The van der Waals surface area contributed by atoms with Crippen LogP contribution in [0.2, 0.25) is 0 Å². The zero-order valence-electron chi connectivity index (χ0n) is 9.16. The van der Waals surface area contributed by atoms with Gasteiger partial charge in [0, 0.05) is 13.2 Å². The average Bonchev–Trinajstić information content (AvgIpc) is 2.61. The molecule has 17 heavy (non-hydrogen) atoms. The number of hydrogen-bond donors (Lipinski definition) is 2. The lowest BCUT2D eigenvalue weighted by molar-refractivity contribution is -0.140. The third-order valence-electron chi connectivity index (χ3n) is 2.10. The van der Waals surface area contributed by atoms with Crippen LogP contribution in [0.25, 0.3) is 0 Å². The normalized spacial score (nSPS) is 9.94. The summed E-state index contributed by atoms with van der Waals surface area (Å²) in [5, 5.41) is 17.2. The first kappa shape index (κ1) is 12.8. The van der Waals surface area contributed by atoms with Crippen molar-refractivity contribution >= 4 is 17.8 Å². The molecule has 0 bridgehead atoms. The van der Waals surface area contributed by atoms with E-state index >= 15 is 0 Å². The van der Waals surface area contributed by atoms with Gasteiger partial charge in [0.15, 0.2) is 0 Å². The maximum absolute atomic E-state index is 11.9. The van der Waals surface area contributed by atoms with Gasteiger partial charge in [-0.25, -0.2) is 0 Å². The van der Waals surface area contributed by atoms with Crippen LogP contribution in [0.4, 0.5) is 0 Å². The van der Waals surface area contributed by atoms with Crippen molar-refractivity contribution in [3.63, 3.8) is 0 Å². The molecule has 0 aromatic carbocycles. The van der Waals surface area contributed by atoms with E-state index in [1.165, 1.54) is 10.6 Å². The predicted octanol–water partition coefficient (Wildman–Crippen LogP) is -0.364. The van der Waals surface area contributed by atoms with Gasteiger partial charge >= 0.3 is 11.9 Å². The molecule has 1 amide bonds. The van der Waals surface area contributed by atoms with Gasteiger partial charge in [0.2, 0.25) is 0 Å². The molecule has 7 nitrogen and oxygen atoms in total. The molecule has 1 heterocycles. The van der Waals surface area contributed by atoms with Crippen molar-refractivity contribution in [2.24, 2.45) is 7.05 Å². The van der Waals surface area contributed by atoms with Crippen molar-refractivity contribution < 1.29 is 24.6 Å².